The molecule has 0 spiro atoms. The minimum absolute atomic E-state index is 0.129. The normalized spacial score (nSPS) is 26.5. The standard InChI is InChI=1S/C10H14O4/c1-3-14-10(12)6-8(7-11)4-5-9(10)13-2/h4-5,7,12H,3,6H2,1-2H3/t10-/m0/s1. The topological polar surface area (TPSA) is 55.8 Å². The summed E-state index contributed by atoms with van der Waals surface area (Å²) in [6, 6.07) is 0. The number of aldehydes is 1. The summed E-state index contributed by atoms with van der Waals surface area (Å²) >= 11 is 0. The summed E-state index contributed by atoms with van der Waals surface area (Å²) in [5.41, 5.74) is 0.488. The molecule has 0 saturated heterocycles. The number of carbonyl (C=O) groups excluding carboxylic acids is 1. The van der Waals surface area contributed by atoms with Crippen LogP contribution in [0.4, 0.5) is 0 Å². The van der Waals surface area contributed by atoms with E-state index >= 15 is 0 Å². The van der Waals surface area contributed by atoms with Crippen molar-refractivity contribution in [2.75, 3.05) is 13.7 Å². The molecule has 1 aliphatic carbocycles. The van der Waals surface area contributed by atoms with E-state index in [2.05, 4.69) is 0 Å². The zero-order valence-corrected chi connectivity index (χ0v) is 8.32. The molecule has 0 bridgehead atoms. The van der Waals surface area contributed by atoms with Gasteiger partial charge in [-0.15, -0.1) is 0 Å². The number of hydrogen-bond donors (Lipinski definition) is 1. The highest BCUT2D eigenvalue weighted by atomic mass is 16.6. The number of methoxy groups -OCH3 is 1. The molecule has 1 rings (SSSR count). The van der Waals surface area contributed by atoms with E-state index in [4.69, 9.17) is 9.47 Å². The van der Waals surface area contributed by atoms with E-state index in [-0.39, 0.29) is 6.42 Å². The highest BCUT2D eigenvalue weighted by molar-refractivity contribution is 5.74. The molecule has 4 heteroatoms. The SMILES string of the molecule is CCO[C@@]1(O)CC(C=O)=CC=C1OC. The molecule has 1 atom stereocenters. The lowest BCUT2D eigenvalue weighted by molar-refractivity contribution is -0.194. The molecule has 0 heterocycles. The summed E-state index contributed by atoms with van der Waals surface area (Å²) in [5.74, 6) is -1.17. The van der Waals surface area contributed by atoms with Crippen LogP contribution < -0.4 is 0 Å². The van der Waals surface area contributed by atoms with Crippen LogP contribution in [0, 0.1) is 0 Å². The molecule has 1 N–H and O–H groups in total. The predicted octanol–water partition coefficient (Wildman–Crippen LogP) is 0.771. The lowest BCUT2D eigenvalue weighted by Crippen LogP contribution is -2.37. The van der Waals surface area contributed by atoms with Gasteiger partial charge in [-0.05, 0) is 18.6 Å². The van der Waals surface area contributed by atoms with Crippen LogP contribution in [-0.4, -0.2) is 30.9 Å². The predicted molar refractivity (Wildman–Crippen MR) is 50.4 cm³/mol. The first kappa shape index (κ1) is 10.9. The van der Waals surface area contributed by atoms with Gasteiger partial charge in [0.05, 0.1) is 7.11 Å². The maximum absolute atomic E-state index is 10.5. The van der Waals surface area contributed by atoms with Crippen LogP contribution in [0.5, 0.6) is 0 Å². The van der Waals surface area contributed by atoms with Crippen molar-refractivity contribution in [1.82, 2.24) is 0 Å². The fourth-order valence-electron chi connectivity index (χ4n) is 1.41. The van der Waals surface area contributed by atoms with Gasteiger partial charge in [0.15, 0.2) is 5.76 Å². The molecule has 14 heavy (non-hydrogen) atoms. The van der Waals surface area contributed by atoms with Gasteiger partial charge < -0.3 is 14.6 Å². The number of ether oxygens (including phenoxy) is 2. The van der Waals surface area contributed by atoms with Crippen molar-refractivity contribution in [3.05, 3.63) is 23.5 Å². The highest BCUT2D eigenvalue weighted by Crippen LogP contribution is 2.30. The van der Waals surface area contributed by atoms with Crippen LogP contribution >= 0.6 is 0 Å². The molecule has 0 fully saturated rings. The molecule has 78 valence electrons. The van der Waals surface area contributed by atoms with Crippen molar-refractivity contribution in [3.63, 3.8) is 0 Å². The van der Waals surface area contributed by atoms with Crippen molar-refractivity contribution in [3.8, 4) is 0 Å². The maximum atomic E-state index is 10.5. The van der Waals surface area contributed by atoms with Crippen LogP contribution in [0.25, 0.3) is 0 Å². The first-order chi connectivity index (χ1) is 6.66. The van der Waals surface area contributed by atoms with Crippen LogP contribution in [0.2, 0.25) is 0 Å². The highest BCUT2D eigenvalue weighted by Gasteiger charge is 2.36. The Balaban J connectivity index is 2.92. The van der Waals surface area contributed by atoms with E-state index in [9.17, 15) is 9.90 Å². The second-order valence-electron chi connectivity index (χ2n) is 2.99. The summed E-state index contributed by atoms with van der Waals surface area (Å²) in [7, 11) is 1.45. The van der Waals surface area contributed by atoms with E-state index in [0.717, 1.165) is 0 Å². The molecular weight excluding hydrogens is 184 g/mol. The Morgan fingerprint density at radius 2 is 2.36 bits per heavy atom. The number of carbonyl (C=O) groups is 1. The fourth-order valence-corrected chi connectivity index (χ4v) is 1.41. The fraction of sp³-hybridized carbons (Fsp3) is 0.500. The third kappa shape index (κ3) is 2.02. The molecule has 0 aromatic rings. The van der Waals surface area contributed by atoms with Crippen LogP contribution in [0.15, 0.2) is 23.5 Å². The summed E-state index contributed by atoms with van der Waals surface area (Å²) in [6.45, 7) is 2.12. The van der Waals surface area contributed by atoms with Crippen molar-refractivity contribution in [2.45, 2.75) is 19.1 Å². The molecule has 0 radical (unpaired) electrons. The monoisotopic (exact) mass is 198 g/mol. The quantitative estimate of drug-likeness (QED) is 0.535. The van der Waals surface area contributed by atoms with Gasteiger partial charge in [-0.3, -0.25) is 4.79 Å². The van der Waals surface area contributed by atoms with Crippen molar-refractivity contribution in [1.29, 1.82) is 0 Å². The van der Waals surface area contributed by atoms with Crippen molar-refractivity contribution >= 4 is 6.29 Å². The summed E-state index contributed by atoms with van der Waals surface area (Å²) in [6.07, 6.45) is 3.99. The molecule has 0 aromatic heterocycles. The minimum atomic E-state index is -1.49. The molecule has 0 unspecified atom stereocenters. The van der Waals surface area contributed by atoms with Gasteiger partial charge in [0.25, 0.3) is 0 Å². The van der Waals surface area contributed by atoms with Crippen molar-refractivity contribution < 1.29 is 19.4 Å². The minimum Gasteiger partial charge on any atom is -0.495 e. The van der Waals surface area contributed by atoms with E-state index in [1.165, 1.54) is 7.11 Å². The van der Waals surface area contributed by atoms with Gasteiger partial charge in [0, 0.05) is 13.0 Å². The Kier molecular flexibility index (Phi) is 3.43. The van der Waals surface area contributed by atoms with Gasteiger partial charge in [-0.2, -0.15) is 0 Å². The number of rotatable bonds is 4. The summed E-state index contributed by atoms with van der Waals surface area (Å²) in [5, 5.41) is 10.0. The first-order valence-corrected chi connectivity index (χ1v) is 4.43. The Morgan fingerprint density at radius 3 is 2.86 bits per heavy atom. The van der Waals surface area contributed by atoms with Crippen LogP contribution in [-0.2, 0) is 14.3 Å². The third-order valence-corrected chi connectivity index (χ3v) is 2.03. The largest absolute Gasteiger partial charge is 0.495 e. The van der Waals surface area contributed by atoms with Crippen LogP contribution in [0.1, 0.15) is 13.3 Å². The number of hydrogen-bond acceptors (Lipinski definition) is 4. The Hall–Kier alpha value is -1.13. The summed E-state index contributed by atoms with van der Waals surface area (Å²) < 4.78 is 10.1. The zero-order chi connectivity index (χ0) is 10.6. The zero-order valence-electron chi connectivity index (χ0n) is 8.32. The second kappa shape index (κ2) is 4.39. The van der Waals surface area contributed by atoms with Crippen LogP contribution in [0.3, 0.4) is 0 Å². The van der Waals surface area contributed by atoms with Gasteiger partial charge in [0.1, 0.15) is 6.29 Å². The second-order valence-corrected chi connectivity index (χ2v) is 2.99. The smallest absolute Gasteiger partial charge is 0.229 e. The van der Waals surface area contributed by atoms with Gasteiger partial charge in [0.2, 0.25) is 5.79 Å². The first-order valence-electron chi connectivity index (χ1n) is 4.43. The lowest BCUT2D eigenvalue weighted by atomic mass is 9.98. The lowest BCUT2D eigenvalue weighted by Gasteiger charge is -2.31. The molecule has 0 saturated carbocycles. The molecule has 0 amide bonds. The Morgan fingerprint density at radius 1 is 1.64 bits per heavy atom. The maximum Gasteiger partial charge on any atom is 0.229 e. The van der Waals surface area contributed by atoms with E-state index in [0.29, 0.717) is 24.2 Å². The van der Waals surface area contributed by atoms with E-state index < -0.39 is 5.79 Å². The Bertz CT molecular complexity index is 280. The number of aliphatic hydroxyl groups is 1. The average molecular weight is 198 g/mol. The average Bonchev–Trinajstić information content (AvgIpc) is 2.17. The molecule has 0 aliphatic heterocycles. The summed E-state index contributed by atoms with van der Waals surface area (Å²) in [4.78, 5) is 10.5. The molecular formula is C10H14O4. The van der Waals surface area contributed by atoms with Crippen molar-refractivity contribution in [2.24, 2.45) is 0 Å². The number of allylic oxidation sites excluding steroid dienone is 2. The molecule has 0 aromatic carbocycles. The van der Waals surface area contributed by atoms with Gasteiger partial charge in [-0.25, -0.2) is 0 Å². The molecule has 4 nitrogen and oxygen atoms in total. The van der Waals surface area contributed by atoms with E-state index in [1.807, 2.05) is 0 Å². The van der Waals surface area contributed by atoms with E-state index in [1.54, 1.807) is 19.1 Å². The Labute approximate surface area is 82.8 Å². The third-order valence-electron chi connectivity index (χ3n) is 2.03. The van der Waals surface area contributed by atoms with Gasteiger partial charge in [-0.1, -0.05) is 6.08 Å². The van der Waals surface area contributed by atoms with Gasteiger partial charge >= 0.3 is 0 Å². The molecule has 1 aliphatic rings.